The zero-order chi connectivity index (χ0) is 20.9. The van der Waals surface area contributed by atoms with Crippen molar-refractivity contribution in [2.75, 3.05) is 26.7 Å². The molecule has 2 aromatic rings. The topological polar surface area (TPSA) is 63.2 Å². The molecule has 156 valence electrons. The second-order valence-corrected chi connectivity index (χ2v) is 7.76. The quantitative estimate of drug-likeness (QED) is 0.292. The predicted octanol–water partition coefficient (Wildman–Crippen LogP) is 4.56. The van der Waals surface area contributed by atoms with E-state index in [1.54, 1.807) is 17.8 Å². The van der Waals surface area contributed by atoms with Crippen LogP contribution in [0.3, 0.4) is 0 Å². The summed E-state index contributed by atoms with van der Waals surface area (Å²) in [5.41, 5.74) is 1.55. The van der Waals surface area contributed by atoms with E-state index in [2.05, 4.69) is 22.5 Å². The molecule has 0 aliphatic heterocycles. The van der Waals surface area contributed by atoms with Gasteiger partial charge >= 0.3 is 0 Å². The van der Waals surface area contributed by atoms with E-state index >= 15 is 0 Å². The molecular weight excluding hydrogens is 406 g/mol. The summed E-state index contributed by atoms with van der Waals surface area (Å²) in [4.78, 5) is 17.7. The molecule has 0 saturated heterocycles. The number of rotatable bonds is 12. The highest BCUT2D eigenvalue weighted by molar-refractivity contribution is 7.98. The smallest absolute Gasteiger partial charge is 0.244 e. The number of hydrogen-bond donors (Lipinski definition) is 2. The van der Waals surface area contributed by atoms with E-state index < -0.39 is 0 Å². The van der Waals surface area contributed by atoms with E-state index in [1.165, 1.54) is 6.08 Å². The summed E-state index contributed by atoms with van der Waals surface area (Å²) >= 11 is 7.86. The van der Waals surface area contributed by atoms with Crippen LogP contribution in [0.1, 0.15) is 31.2 Å². The summed E-state index contributed by atoms with van der Waals surface area (Å²) in [6.07, 6.45) is 5.00. The zero-order valence-electron chi connectivity index (χ0n) is 16.9. The molecule has 0 fully saturated rings. The summed E-state index contributed by atoms with van der Waals surface area (Å²) in [5, 5.41) is 6.65. The number of carbonyl (C=O) groups is 1. The fraction of sp³-hybridized carbons (Fsp3) is 0.364. The number of amides is 1. The molecule has 0 aliphatic carbocycles. The molecule has 0 atom stereocenters. The van der Waals surface area contributed by atoms with Crippen LogP contribution in [-0.4, -0.2) is 37.6 Å². The van der Waals surface area contributed by atoms with Crippen LogP contribution in [0.15, 0.2) is 47.4 Å². The molecule has 1 heterocycles. The Balaban J connectivity index is 2.06. The highest BCUT2D eigenvalue weighted by Gasteiger charge is 2.07. The minimum absolute atomic E-state index is 0.139. The molecule has 2 rings (SSSR count). The Morgan fingerprint density at radius 1 is 1.24 bits per heavy atom. The lowest BCUT2D eigenvalue weighted by atomic mass is 10.2. The summed E-state index contributed by atoms with van der Waals surface area (Å²) < 4.78 is 5.79. The normalized spacial score (nSPS) is 11.0. The molecule has 1 amide bonds. The standard InChI is InChI=1S/C22H28ClN3O2S/c1-3-15-28-20-11-9-17(16-29-21-8-5-4-7-18(21)23)26-19(20)10-12-22(27)25-14-6-13-24-2/h4-5,7-12,24H,3,6,13-16H2,1-2H3,(H,25,27)/b12-10+. The summed E-state index contributed by atoms with van der Waals surface area (Å²) in [7, 11) is 1.89. The molecule has 5 nitrogen and oxygen atoms in total. The minimum atomic E-state index is -0.139. The third-order valence-corrected chi connectivity index (χ3v) is 5.46. The molecule has 0 radical (unpaired) electrons. The third kappa shape index (κ3) is 8.48. The molecule has 0 aliphatic rings. The van der Waals surface area contributed by atoms with Crippen molar-refractivity contribution in [3.63, 3.8) is 0 Å². The number of thioether (sulfide) groups is 1. The van der Waals surface area contributed by atoms with Crippen molar-refractivity contribution < 1.29 is 9.53 Å². The molecule has 29 heavy (non-hydrogen) atoms. The van der Waals surface area contributed by atoms with Crippen molar-refractivity contribution in [3.05, 3.63) is 58.9 Å². The van der Waals surface area contributed by atoms with Gasteiger partial charge in [-0.15, -0.1) is 11.8 Å². The van der Waals surface area contributed by atoms with E-state index in [-0.39, 0.29) is 5.91 Å². The van der Waals surface area contributed by atoms with Gasteiger partial charge < -0.3 is 15.4 Å². The van der Waals surface area contributed by atoms with E-state index in [0.29, 0.717) is 30.3 Å². The Kier molecular flexibility index (Phi) is 10.6. The molecule has 2 N–H and O–H groups in total. The van der Waals surface area contributed by atoms with Gasteiger partial charge in [0.25, 0.3) is 0 Å². The number of nitrogens with zero attached hydrogens (tertiary/aromatic N) is 1. The SMILES string of the molecule is CCCOc1ccc(CSc2ccccc2Cl)nc1/C=C/C(=O)NCCCNC. The molecule has 0 unspecified atom stereocenters. The number of pyridine rings is 1. The number of aromatic nitrogens is 1. The molecule has 7 heteroatoms. The van der Waals surface area contributed by atoms with Gasteiger partial charge in [0.1, 0.15) is 11.4 Å². The Morgan fingerprint density at radius 3 is 2.83 bits per heavy atom. The van der Waals surface area contributed by atoms with Gasteiger partial charge in [0.05, 0.1) is 17.3 Å². The average molecular weight is 434 g/mol. The van der Waals surface area contributed by atoms with Gasteiger partial charge in [0.2, 0.25) is 5.91 Å². The van der Waals surface area contributed by atoms with Crippen molar-refractivity contribution in [1.29, 1.82) is 0 Å². The lowest BCUT2D eigenvalue weighted by molar-refractivity contribution is -0.116. The highest BCUT2D eigenvalue weighted by atomic mass is 35.5. The van der Waals surface area contributed by atoms with E-state index in [4.69, 9.17) is 16.3 Å². The van der Waals surface area contributed by atoms with Crippen molar-refractivity contribution >= 4 is 35.3 Å². The second kappa shape index (κ2) is 13.2. The first-order valence-electron chi connectivity index (χ1n) is 9.74. The fourth-order valence-corrected chi connectivity index (χ4v) is 3.59. The van der Waals surface area contributed by atoms with Crippen molar-refractivity contribution in [3.8, 4) is 5.75 Å². The molecule has 1 aromatic carbocycles. The van der Waals surface area contributed by atoms with Gasteiger partial charge in [-0.25, -0.2) is 4.98 Å². The van der Waals surface area contributed by atoms with Crippen LogP contribution in [0.25, 0.3) is 6.08 Å². The molecular formula is C22H28ClN3O2S. The number of ether oxygens (including phenoxy) is 1. The monoisotopic (exact) mass is 433 g/mol. The van der Waals surface area contributed by atoms with Crippen LogP contribution in [0.4, 0.5) is 0 Å². The van der Waals surface area contributed by atoms with Crippen molar-refractivity contribution in [2.45, 2.75) is 30.4 Å². The molecule has 1 aromatic heterocycles. The van der Waals surface area contributed by atoms with Crippen LogP contribution >= 0.6 is 23.4 Å². The molecule has 0 spiro atoms. The van der Waals surface area contributed by atoms with Gasteiger partial charge in [0, 0.05) is 23.3 Å². The maximum Gasteiger partial charge on any atom is 0.244 e. The molecule has 0 bridgehead atoms. The maximum absolute atomic E-state index is 12.0. The number of carbonyl (C=O) groups excluding carboxylic acids is 1. The van der Waals surface area contributed by atoms with Crippen LogP contribution in [0.5, 0.6) is 5.75 Å². The van der Waals surface area contributed by atoms with Gasteiger partial charge in [-0.2, -0.15) is 0 Å². The number of nitrogens with one attached hydrogen (secondary N) is 2. The average Bonchev–Trinajstić information content (AvgIpc) is 2.74. The van der Waals surface area contributed by atoms with Gasteiger partial charge in [0.15, 0.2) is 0 Å². The van der Waals surface area contributed by atoms with Crippen LogP contribution in [0, 0.1) is 0 Å². The fourth-order valence-electron chi connectivity index (χ4n) is 2.44. The summed E-state index contributed by atoms with van der Waals surface area (Å²) in [6.45, 7) is 4.15. The lowest BCUT2D eigenvalue weighted by Gasteiger charge is -2.10. The highest BCUT2D eigenvalue weighted by Crippen LogP contribution is 2.30. The predicted molar refractivity (Wildman–Crippen MR) is 122 cm³/mol. The first kappa shape index (κ1) is 23.3. The van der Waals surface area contributed by atoms with Gasteiger partial charge in [-0.05, 0) is 56.8 Å². The van der Waals surface area contributed by atoms with E-state index in [0.717, 1.165) is 35.0 Å². The lowest BCUT2D eigenvalue weighted by Crippen LogP contribution is -2.24. The number of hydrogen-bond acceptors (Lipinski definition) is 5. The van der Waals surface area contributed by atoms with Crippen molar-refractivity contribution in [1.82, 2.24) is 15.6 Å². The first-order valence-corrected chi connectivity index (χ1v) is 11.1. The molecule has 0 saturated carbocycles. The van der Waals surface area contributed by atoms with Crippen LogP contribution in [-0.2, 0) is 10.5 Å². The second-order valence-electron chi connectivity index (χ2n) is 6.33. The number of benzene rings is 1. The Labute approximate surface area is 182 Å². The number of halogens is 1. The summed E-state index contributed by atoms with van der Waals surface area (Å²) in [6, 6.07) is 11.6. The van der Waals surface area contributed by atoms with E-state index in [9.17, 15) is 4.79 Å². The third-order valence-electron chi connectivity index (χ3n) is 3.91. The van der Waals surface area contributed by atoms with Gasteiger partial charge in [-0.1, -0.05) is 30.7 Å². The maximum atomic E-state index is 12.0. The largest absolute Gasteiger partial charge is 0.491 e. The Morgan fingerprint density at radius 2 is 2.07 bits per heavy atom. The van der Waals surface area contributed by atoms with Gasteiger partial charge in [-0.3, -0.25) is 4.79 Å². The zero-order valence-corrected chi connectivity index (χ0v) is 18.5. The Hall–Kier alpha value is -2.02. The van der Waals surface area contributed by atoms with E-state index in [1.807, 2.05) is 43.4 Å². The van der Waals surface area contributed by atoms with Crippen LogP contribution < -0.4 is 15.4 Å². The van der Waals surface area contributed by atoms with Crippen molar-refractivity contribution in [2.24, 2.45) is 0 Å². The van der Waals surface area contributed by atoms with Crippen LogP contribution in [0.2, 0.25) is 5.02 Å². The first-order chi connectivity index (χ1) is 14.1. The minimum Gasteiger partial charge on any atom is -0.491 e. The Bertz CT molecular complexity index is 814. The summed E-state index contributed by atoms with van der Waals surface area (Å²) in [5.74, 6) is 1.22.